The Morgan fingerprint density at radius 2 is 2.00 bits per heavy atom. The minimum Gasteiger partial charge on any atom is -0.481 e. The lowest BCUT2D eigenvalue weighted by molar-refractivity contribution is -0.943. The number of piperidine rings is 1. The number of carboxylic acid groups (broad SMARTS) is 1. The average Bonchev–Trinajstić information content (AvgIpc) is 2.20. The first-order valence-corrected chi connectivity index (χ1v) is 7.49. The van der Waals surface area contributed by atoms with Crippen LogP contribution in [0.1, 0.15) is 32.1 Å². The van der Waals surface area contributed by atoms with Crippen LogP contribution in [-0.4, -0.2) is 54.2 Å². The third-order valence-electron chi connectivity index (χ3n) is 4.76. The highest BCUT2D eigenvalue weighted by atomic mass is 19.3. The fourth-order valence-corrected chi connectivity index (χ4v) is 3.98. The van der Waals surface area contributed by atoms with Crippen molar-refractivity contribution in [3.8, 4) is 0 Å². The molecule has 1 saturated carbocycles. The van der Waals surface area contributed by atoms with Gasteiger partial charge in [0.15, 0.2) is 0 Å². The molecule has 0 aromatic heterocycles. The van der Waals surface area contributed by atoms with Gasteiger partial charge in [0.25, 0.3) is 6.43 Å². The zero-order valence-corrected chi connectivity index (χ0v) is 11.8. The molecule has 0 spiro atoms. The zero-order valence-electron chi connectivity index (χ0n) is 11.8. The summed E-state index contributed by atoms with van der Waals surface area (Å²) in [5.41, 5.74) is 6.03. The van der Waals surface area contributed by atoms with E-state index in [1.165, 1.54) is 6.42 Å². The molecule has 2 fully saturated rings. The fourth-order valence-electron chi connectivity index (χ4n) is 3.98. The summed E-state index contributed by atoms with van der Waals surface area (Å²) in [6, 6.07) is -0.160. The molecule has 2 aliphatic rings. The number of likely N-dealkylation sites (tertiary alicyclic amines) is 1. The smallest absolute Gasteiger partial charge is 0.303 e. The third-order valence-corrected chi connectivity index (χ3v) is 4.76. The van der Waals surface area contributed by atoms with Crippen molar-refractivity contribution in [1.29, 1.82) is 0 Å². The molecule has 0 aromatic carbocycles. The number of nitrogens with two attached hydrogens (primary N) is 1. The van der Waals surface area contributed by atoms with E-state index >= 15 is 0 Å². The van der Waals surface area contributed by atoms with E-state index in [1.807, 2.05) is 0 Å². The number of quaternary nitrogens is 1. The number of carbonyl (C=O) groups is 1. The van der Waals surface area contributed by atoms with Crippen LogP contribution in [0.5, 0.6) is 0 Å². The molecule has 20 heavy (non-hydrogen) atoms. The maximum Gasteiger partial charge on any atom is 0.303 e. The molecule has 3 unspecified atom stereocenters. The first-order valence-electron chi connectivity index (χ1n) is 7.49. The highest BCUT2D eigenvalue weighted by Crippen LogP contribution is 2.34. The van der Waals surface area contributed by atoms with Gasteiger partial charge in [0.2, 0.25) is 0 Å². The summed E-state index contributed by atoms with van der Waals surface area (Å²) in [4.78, 5) is 10.9. The third kappa shape index (κ3) is 4.12. The molecule has 4 nitrogen and oxygen atoms in total. The van der Waals surface area contributed by atoms with Crippen molar-refractivity contribution in [2.24, 2.45) is 17.6 Å². The minimum absolute atomic E-state index is 0.0433. The van der Waals surface area contributed by atoms with E-state index in [4.69, 9.17) is 10.8 Å². The molecule has 0 bridgehead atoms. The summed E-state index contributed by atoms with van der Waals surface area (Å²) in [7, 11) is 0. The lowest BCUT2D eigenvalue weighted by atomic mass is 9.82. The minimum atomic E-state index is -2.36. The molecule has 1 aliphatic heterocycles. The molecular formula is C14H25F2N2O2+. The van der Waals surface area contributed by atoms with E-state index < -0.39 is 12.4 Å². The molecule has 3 N–H and O–H groups in total. The number of nitrogens with zero attached hydrogens (tertiary/aromatic N) is 1. The molecule has 1 aliphatic carbocycles. The van der Waals surface area contributed by atoms with Crippen LogP contribution in [0.4, 0.5) is 8.78 Å². The predicted octanol–water partition coefficient (Wildman–Crippen LogP) is 1.69. The molecule has 1 heterocycles. The van der Waals surface area contributed by atoms with Crippen molar-refractivity contribution < 1.29 is 23.2 Å². The van der Waals surface area contributed by atoms with Gasteiger partial charge in [0.1, 0.15) is 6.54 Å². The molecule has 3 atom stereocenters. The van der Waals surface area contributed by atoms with Gasteiger partial charge in [0, 0.05) is 11.8 Å². The highest BCUT2D eigenvalue weighted by Gasteiger charge is 2.43. The Balaban J connectivity index is 2.07. The Morgan fingerprint density at radius 3 is 2.50 bits per heavy atom. The van der Waals surface area contributed by atoms with Gasteiger partial charge >= 0.3 is 5.97 Å². The first kappa shape index (κ1) is 15.6. The number of carboxylic acids is 1. The maximum atomic E-state index is 13.0. The van der Waals surface area contributed by atoms with Crippen LogP contribution < -0.4 is 5.73 Å². The van der Waals surface area contributed by atoms with Crippen molar-refractivity contribution in [2.75, 3.05) is 26.2 Å². The molecule has 0 aromatic rings. The van der Waals surface area contributed by atoms with Crippen LogP contribution in [0.15, 0.2) is 0 Å². The molecule has 0 amide bonds. The summed E-state index contributed by atoms with van der Waals surface area (Å²) in [5, 5.41) is 8.95. The maximum absolute atomic E-state index is 13.0. The van der Waals surface area contributed by atoms with Gasteiger partial charge in [0.05, 0.1) is 32.1 Å². The normalized spacial score (nSPS) is 35.0. The second-order valence-electron chi connectivity index (χ2n) is 6.72. The largest absolute Gasteiger partial charge is 0.481 e. The van der Waals surface area contributed by atoms with E-state index in [0.717, 1.165) is 19.4 Å². The number of halogens is 2. The highest BCUT2D eigenvalue weighted by molar-refractivity contribution is 5.67. The van der Waals surface area contributed by atoms with E-state index in [2.05, 4.69) is 0 Å². The van der Waals surface area contributed by atoms with Crippen LogP contribution in [0.25, 0.3) is 0 Å². The van der Waals surface area contributed by atoms with E-state index in [9.17, 15) is 13.6 Å². The van der Waals surface area contributed by atoms with E-state index in [1.54, 1.807) is 0 Å². The summed E-state index contributed by atoms with van der Waals surface area (Å²) in [6.45, 7) is 1.67. The molecule has 116 valence electrons. The number of hydrogen-bond donors (Lipinski definition) is 2. The van der Waals surface area contributed by atoms with Gasteiger partial charge in [-0.05, 0) is 19.3 Å². The number of hydrogen-bond acceptors (Lipinski definition) is 2. The van der Waals surface area contributed by atoms with Gasteiger partial charge in [-0.1, -0.05) is 6.42 Å². The predicted molar refractivity (Wildman–Crippen MR) is 71.4 cm³/mol. The molecule has 2 rings (SSSR count). The quantitative estimate of drug-likeness (QED) is 0.732. The van der Waals surface area contributed by atoms with Crippen molar-refractivity contribution in [1.82, 2.24) is 0 Å². The average molecular weight is 291 g/mol. The van der Waals surface area contributed by atoms with Crippen LogP contribution in [0.2, 0.25) is 0 Å². The monoisotopic (exact) mass is 291 g/mol. The zero-order chi connectivity index (χ0) is 14.8. The van der Waals surface area contributed by atoms with E-state index in [0.29, 0.717) is 29.9 Å². The van der Waals surface area contributed by atoms with Crippen molar-refractivity contribution >= 4 is 5.97 Å². The standard InChI is InChI=1S/C14H24F2N2O2/c15-13(16)9-18(6-10-2-1-3-10)7-11(5-14(19)20)4-12(17)8-18/h10-13H,1-9,17H2/p+1. The summed E-state index contributed by atoms with van der Waals surface area (Å²) < 4.78 is 26.3. The van der Waals surface area contributed by atoms with Crippen molar-refractivity contribution in [2.45, 2.75) is 44.6 Å². The van der Waals surface area contributed by atoms with Crippen molar-refractivity contribution in [3.05, 3.63) is 0 Å². The van der Waals surface area contributed by atoms with Gasteiger partial charge in [-0.2, -0.15) is 0 Å². The van der Waals surface area contributed by atoms with Crippen LogP contribution in [0.3, 0.4) is 0 Å². The van der Waals surface area contributed by atoms with Crippen LogP contribution in [0, 0.1) is 11.8 Å². The molecular weight excluding hydrogens is 266 g/mol. The summed E-state index contributed by atoms with van der Waals surface area (Å²) in [5.74, 6) is -0.414. The SMILES string of the molecule is NC1CC(CC(=O)O)C[N+](CC(F)F)(CC2CCC2)C1. The second-order valence-corrected chi connectivity index (χ2v) is 6.72. The van der Waals surface area contributed by atoms with Crippen LogP contribution in [-0.2, 0) is 4.79 Å². The summed E-state index contributed by atoms with van der Waals surface area (Å²) in [6.07, 6.45) is 1.74. The Hall–Kier alpha value is -0.750. The van der Waals surface area contributed by atoms with Gasteiger partial charge in [-0.25, -0.2) is 8.78 Å². The van der Waals surface area contributed by atoms with Crippen LogP contribution >= 0.6 is 0 Å². The lowest BCUT2D eigenvalue weighted by Crippen LogP contribution is -2.64. The Kier molecular flexibility index (Phi) is 4.96. The number of rotatable bonds is 6. The lowest BCUT2D eigenvalue weighted by Gasteiger charge is -2.49. The molecule has 6 heteroatoms. The van der Waals surface area contributed by atoms with Gasteiger partial charge in [-0.15, -0.1) is 0 Å². The Morgan fingerprint density at radius 1 is 1.30 bits per heavy atom. The number of aliphatic carboxylic acids is 1. The number of alkyl halides is 2. The van der Waals surface area contributed by atoms with Gasteiger partial charge < -0.3 is 15.3 Å². The fraction of sp³-hybridized carbons (Fsp3) is 0.929. The molecule has 0 radical (unpaired) electrons. The first-order chi connectivity index (χ1) is 9.38. The Labute approximate surface area is 118 Å². The Bertz CT molecular complexity index is 346. The topological polar surface area (TPSA) is 63.3 Å². The second kappa shape index (κ2) is 6.35. The molecule has 1 saturated heterocycles. The summed E-state index contributed by atoms with van der Waals surface area (Å²) >= 11 is 0. The van der Waals surface area contributed by atoms with Crippen molar-refractivity contribution in [3.63, 3.8) is 0 Å². The van der Waals surface area contributed by atoms with E-state index in [-0.39, 0.29) is 24.9 Å². The van der Waals surface area contributed by atoms with Gasteiger partial charge in [-0.3, -0.25) is 4.79 Å².